The lowest BCUT2D eigenvalue weighted by atomic mass is 9.81. The molecular weight excluding hydrogens is 652 g/mol. The van der Waals surface area contributed by atoms with Crippen molar-refractivity contribution >= 4 is 0 Å². The number of methoxy groups -OCH3 is 1. The first-order valence-electron chi connectivity index (χ1n) is 19.4. The summed E-state index contributed by atoms with van der Waals surface area (Å²) in [4.78, 5) is 0. The molecule has 10 nitrogen and oxygen atoms in total. The van der Waals surface area contributed by atoms with Gasteiger partial charge in [-0.25, -0.2) is 0 Å². The maximum Gasteiger partial charge on any atom is 0.171 e. The van der Waals surface area contributed by atoms with Crippen molar-refractivity contribution in [3.05, 3.63) is 47.1 Å². The van der Waals surface area contributed by atoms with Crippen molar-refractivity contribution in [1.82, 2.24) is 0 Å². The lowest BCUT2D eigenvalue weighted by molar-refractivity contribution is -0.340. The molecule has 0 radical (unpaired) electrons. The fraction of sp³-hybridized carbons (Fsp3) is 0.805. The average molecular weight is 721 g/mol. The van der Waals surface area contributed by atoms with E-state index in [1.54, 1.807) is 7.11 Å². The first-order chi connectivity index (χ1) is 24.3. The molecule has 10 heteroatoms. The van der Waals surface area contributed by atoms with Gasteiger partial charge in [-0.15, -0.1) is 0 Å². The van der Waals surface area contributed by atoms with E-state index in [4.69, 9.17) is 33.5 Å². The first-order valence-corrected chi connectivity index (χ1v) is 19.4. The molecule has 4 aliphatic heterocycles. The van der Waals surface area contributed by atoms with Crippen LogP contribution in [0.15, 0.2) is 47.1 Å². The molecule has 4 fully saturated rings. The van der Waals surface area contributed by atoms with E-state index in [0.717, 1.165) is 36.0 Å². The second kappa shape index (κ2) is 19.8. The Morgan fingerprint density at radius 2 is 1.84 bits per heavy atom. The Labute approximate surface area is 306 Å². The Balaban J connectivity index is 1.47. The van der Waals surface area contributed by atoms with Crippen molar-refractivity contribution in [2.24, 2.45) is 17.8 Å². The number of aliphatic hydroxyl groups excluding tert-OH is 4. The second-order valence-electron chi connectivity index (χ2n) is 15.8. The van der Waals surface area contributed by atoms with Crippen LogP contribution in [-0.2, 0) is 28.4 Å². The number of rotatable bonds is 15. The van der Waals surface area contributed by atoms with E-state index in [1.807, 2.05) is 26.0 Å². The Hall–Kier alpha value is -1.44. The molecule has 14 atom stereocenters. The minimum absolute atomic E-state index is 0.0409. The number of aliphatic hydroxyl groups is 4. The summed E-state index contributed by atoms with van der Waals surface area (Å²) in [5.41, 5.74) is 2.94. The van der Waals surface area contributed by atoms with E-state index in [9.17, 15) is 15.3 Å². The van der Waals surface area contributed by atoms with Crippen molar-refractivity contribution in [3.63, 3.8) is 0 Å². The van der Waals surface area contributed by atoms with Gasteiger partial charge in [-0.1, -0.05) is 64.5 Å². The molecule has 0 aliphatic carbocycles. The maximum atomic E-state index is 11.0. The van der Waals surface area contributed by atoms with Crippen LogP contribution in [0.1, 0.15) is 106 Å². The van der Waals surface area contributed by atoms with Crippen LogP contribution in [0.2, 0.25) is 0 Å². The van der Waals surface area contributed by atoms with Crippen molar-refractivity contribution in [2.45, 2.75) is 173 Å². The fourth-order valence-corrected chi connectivity index (χ4v) is 8.13. The van der Waals surface area contributed by atoms with Crippen LogP contribution in [0.3, 0.4) is 0 Å². The second-order valence-corrected chi connectivity index (χ2v) is 15.8. The summed E-state index contributed by atoms with van der Waals surface area (Å²) < 4.78 is 37.7. The third-order valence-electron chi connectivity index (χ3n) is 11.6. The third-order valence-corrected chi connectivity index (χ3v) is 11.6. The molecule has 0 saturated carbocycles. The molecule has 4 aliphatic rings. The van der Waals surface area contributed by atoms with Crippen LogP contribution in [0.25, 0.3) is 0 Å². The fourth-order valence-electron chi connectivity index (χ4n) is 8.13. The van der Waals surface area contributed by atoms with E-state index in [2.05, 4.69) is 52.8 Å². The van der Waals surface area contributed by atoms with E-state index >= 15 is 0 Å². The molecule has 292 valence electrons. The van der Waals surface area contributed by atoms with E-state index < -0.39 is 42.6 Å². The SMILES string of the molecule is CC[C@H](C)C1O[C@]2(CC[C@@H]1C)C[C@@H](O)C[C@@H](C/C=C(\C)[C@@H](O[C@H]1C[C@H](OC)[C@@H](O)[C@H](C)O1)[C@@H](C)/C=C/C=C1\CO[C@H]([C@H](O)/C(C)=C\CCO)C1)O2. The van der Waals surface area contributed by atoms with Crippen LogP contribution in [0, 0.1) is 17.8 Å². The largest absolute Gasteiger partial charge is 0.396 e. The molecule has 0 aromatic heterocycles. The highest BCUT2D eigenvalue weighted by molar-refractivity contribution is 5.21. The predicted octanol–water partition coefficient (Wildman–Crippen LogP) is 5.91. The normalized spacial score (nSPS) is 38.7. The lowest BCUT2D eigenvalue weighted by Crippen LogP contribution is -2.54. The summed E-state index contributed by atoms with van der Waals surface area (Å²) in [5.74, 6) is 0.0870. The number of hydrogen-bond donors (Lipinski definition) is 4. The molecule has 0 bridgehead atoms. The molecule has 0 amide bonds. The smallest absolute Gasteiger partial charge is 0.171 e. The Morgan fingerprint density at radius 1 is 1.08 bits per heavy atom. The van der Waals surface area contributed by atoms with Crippen LogP contribution >= 0.6 is 0 Å². The monoisotopic (exact) mass is 720 g/mol. The van der Waals surface area contributed by atoms with E-state index in [-0.39, 0.29) is 36.9 Å². The van der Waals surface area contributed by atoms with Crippen LogP contribution in [0.4, 0.5) is 0 Å². The van der Waals surface area contributed by atoms with Gasteiger partial charge in [0.05, 0.1) is 49.3 Å². The Bertz CT molecular complexity index is 1190. The zero-order valence-corrected chi connectivity index (χ0v) is 32.4. The van der Waals surface area contributed by atoms with Gasteiger partial charge in [0.2, 0.25) is 0 Å². The summed E-state index contributed by atoms with van der Waals surface area (Å²) in [6.07, 6.45) is 12.3. The van der Waals surface area contributed by atoms with Gasteiger partial charge in [0.25, 0.3) is 0 Å². The topological polar surface area (TPSA) is 136 Å². The predicted molar refractivity (Wildman–Crippen MR) is 197 cm³/mol. The van der Waals surface area contributed by atoms with Crippen LogP contribution < -0.4 is 0 Å². The Morgan fingerprint density at radius 3 is 2.55 bits per heavy atom. The first kappa shape index (κ1) is 42.3. The van der Waals surface area contributed by atoms with Gasteiger partial charge in [0, 0.05) is 45.3 Å². The molecule has 4 heterocycles. The molecule has 0 aromatic carbocycles. The van der Waals surface area contributed by atoms with Crippen LogP contribution in [0.5, 0.6) is 0 Å². The van der Waals surface area contributed by atoms with Gasteiger partial charge in [-0.3, -0.25) is 0 Å². The number of ether oxygens (including phenoxy) is 6. The van der Waals surface area contributed by atoms with Gasteiger partial charge >= 0.3 is 0 Å². The quantitative estimate of drug-likeness (QED) is 0.151. The van der Waals surface area contributed by atoms with Crippen molar-refractivity contribution in [1.29, 1.82) is 0 Å². The molecule has 51 heavy (non-hydrogen) atoms. The van der Waals surface area contributed by atoms with Crippen molar-refractivity contribution in [2.75, 3.05) is 20.3 Å². The summed E-state index contributed by atoms with van der Waals surface area (Å²) in [5, 5.41) is 41.4. The third kappa shape index (κ3) is 11.5. The molecule has 1 spiro atoms. The zero-order valence-electron chi connectivity index (χ0n) is 32.4. The molecule has 4 saturated heterocycles. The van der Waals surface area contributed by atoms with Gasteiger partial charge in [0.15, 0.2) is 12.1 Å². The molecule has 1 unspecified atom stereocenters. The van der Waals surface area contributed by atoms with Gasteiger partial charge in [-0.2, -0.15) is 0 Å². The summed E-state index contributed by atoms with van der Waals surface area (Å²) in [6.45, 7) is 15.1. The van der Waals surface area contributed by atoms with Gasteiger partial charge < -0.3 is 48.8 Å². The molecular formula is C41H68O10. The van der Waals surface area contributed by atoms with Gasteiger partial charge in [-0.05, 0) is 75.0 Å². The summed E-state index contributed by atoms with van der Waals surface area (Å²) >= 11 is 0. The zero-order chi connectivity index (χ0) is 37.3. The highest BCUT2D eigenvalue weighted by Crippen LogP contribution is 2.44. The van der Waals surface area contributed by atoms with E-state index in [0.29, 0.717) is 57.0 Å². The Kier molecular flexibility index (Phi) is 16.4. The average Bonchev–Trinajstić information content (AvgIpc) is 3.58. The van der Waals surface area contributed by atoms with Crippen molar-refractivity contribution in [3.8, 4) is 0 Å². The number of allylic oxidation sites excluding steroid dienone is 2. The minimum atomic E-state index is -0.750. The summed E-state index contributed by atoms with van der Waals surface area (Å²) in [7, 11) is 1.60. The molecule has 4 rings (SSSR count). The maximum absolute atomic E-state index is 11.0. The standard InChI is InChI=1S/C41H68O10/c1-9-25(2)40-29(6)17-18-41(51-40)23-32(43)21-33(50-41)16-15-28(5)39(49-36-22-34(46-8)38(45)30(7)48-36)27(4)12-10-14-31-20-35(47-24-31)37(44)26(3)13-11-19-42/h10,12-15,25,27,29-30,32-40,42-45H,9,11,16-24H2,1-8H3/b12-10+,26-13-,28-15+,31-14-/t25-,27-,29-,30-,32-,33+,34-,35-,36-,37+,38-,39-,40?,41+/m0/s1. The van der Waals surface area contributed by atoms with E-state index in [1.165, 1.54) is 0 Å². The highest BCUT2D eigenvalue weighted by Gasteiger charge is 2.48. The molecule has 0 aromatic rings. The van der Waals surface area contributed by atoms with Crippen molar-refractivity contribution < 1.29 is 48.8 Å². The highest BCUT2D eigenvalue weighted by atomic mass is 16.7. The summed E-state index contributed by atoms with van der Waals surface area (Å²) in [6, 6.07) is 0. The lowest BCUT2D eigenvalue weighted by Gasteiger charge is -2.50. The van der Waals surface area contributed by atoms with Crippen LogP contribution in [-0.4, -0.2) is 108 Å². The minimum Gasteiger partial charge on any atom is -0.396 e. The van der Waals surface area contributed by atoms with Gasteiger partial charge in [0.1, 0.15) is 12.2 Å². The number of hydrogen-bond acceptors (Lipinski definition) is 10. The molecule has 4 N–H and O–H groups in total.